The van der Waals surface area contributed by atoms with Gasteiger partial charge in [-0.2, -0.15) is 10.1 Å². The third kappa shape index (κ3) is 3.17. The number of aromatic nitrogens is 4. The molecule has 1 fully saturated rings. The van der Waals surface area contributed by atoms with Crippen LogP contribution in [0.2, 0.25) is 0 Å². The molecule has 0 spiro atoms. The van der Waals surface area contributed by atoms with E-state index in [1.165, 1.54) is 11.1 Å². The van der Waals surface area contributed by atoms with Crippen LogP contribution in [0.5, 0.6) is 0 Å². The molecule has 0 N–H and O–H groups in total. The minimum atomic E-state index is 0.395. The van der Waals surface area contributed by atoms with Crippen LogP contribution in [0.25, 0.3) is 0 Å². The van der Waals surface area contributed by atoms with Gasteiger partial charge in [0.2, 0.25) is 5.89 Å². The molecule has 3 heterocycles. The molecule has 0 bridgehead atoms. The van der Waals surface area contributed by atoms with Gasteiger partial charge in [-0.3, -0.25) is 9.58 Å². The van der Waals surface area contributed by atoms with Crippen molar-refractivity contribution < 1.29 is 4.52 Å². The topological polar surface area (TPSA) is 60.0 Å². The lowest BCUT2D eigenvalue weighted by atomic mass is 9.99. The molecule has 23 heavy (non-hydrogen) atoms. The first-order valence-electron chi connectivity index (χ1n) is 7.84. The summed E-state index contributed by atoms with van der Waals surface area (Å²) in [4.78, 5) is 6.68. The first-order chi connectivity index (χ1) is 11.3. The molecule has 0 amide bonds. The van der Waals surface area contributed by atoms with Gasteiger partial charge in [0.1, 0.15) is 0 Å². The molecular formula is C17H19N5O. The second kappa shape index (κ2) is 5.96. The lowest BCUT2D eigenvalue weighted by Gasteiger charge is -2.37. The van der Waals surface area contributed by atoms with Crippen molar-refractivity contribution in [3.63, 3.8) is 0 Å². The van der Waals surface area contributed by atoms with Crippen LogP contribution in [0, 0.1) is 6.92 Å². The highest BCUT2D eigenvalue weighted by atomic mass is 16.5. The molecule has 0 atom stereocenters. The van der Waals surface area contributed by atoms with Crippen LogP contribution >= 0.6 is 0 Å². The highest BCUT2D eigenvalue weighted by molar-refractivity contribution is 5.16. The van der Waals surface area contributed by atoms with Crippen molar-refractivity contribution in [2.75, 3.05) is 13.1 Å². The largest absolute Gasteiger partial charge is 0.340 e. The van der Waals surface area contributed by atoms with E-state index in [4.69, 9.17) is 4.52 Å². The van der Waals surface area contributed by atoms with Crippen molar-refractivity contribution in [1.82, 2.24) is 24.8 Å². The summed E-state index contributed by atoms with van der Waals surface area (Å²) in [5.41, 5.74) is 2.50. The first-order valence-corrected chi connectivity index (χ1v) is 7.84. The molecule has 4 rings (SSSR count). The fourth-order valence-electron chi connectivity index (χ4n) is 2.95. The van der Waals surface area contributed by atoms with E-state index >= 15 is 0 Å². The second-order valence-corrected chi connectivity index (χ2v) is 6.09. The van der Waals surface area contributed by atoms with Crippen LogP contribution in [0.1, 0.15) is 28.8 Å². The van der Waals surface area contributed by atoms with Crippen LogP contribution in [0.4, 0.5) is 0 Å². The maximum absolute atomic E-state index is 5.04. The molecule has 0 saturated carbocycles. The Bertz CT molecular complexity index is 773. The average Bonchev–Trinajstić information content (AvgIpc) is 3.13. The van der Waals surface area contributed by atoms with Gasteiger partial charge in [-0.1, -0.05) is 35.5 Å². The normalized spacial score (nSPS) is 15.7. The number of hydrogen-bond donors (Lipinski definition) is 0. The molecule has 3 aromatic rings. The lowest BCUT2D eigenvalue weighted by molar-refractivity contribution is 0.133. The van der Waals surface area contributed by atoms with Gasteiger partial charge in [0.25, 0.3) is 0 Å². The SMILES string of the molecule is Cc1nc(C2CN(Cc3cnn(Cc4ccccc4)c3)C2)no1. The van der Waals surface area contributed by atoms with Gasteiger partial charge in [0.15, 0.2) is 5.82 Å². The number of hydrogen-bond acceptors (Lipinski definition) is 5. The smallest absolute Gasteiger partial charge is 0.223 e. The van der Waals surface area contributed by atoms with E-state index < -0.39 is 0 Å². The predicted octanol–water partition coefficient (Wildman–Crippen LogP) is 2.22. The maximum atomic E-state index is 5.04. The Morgan fingerprint density at radius 1 is 1.13 bits per heavy atom. The third-order valence-electron chi connectivity index (χ3n) is 4.15. The molecule has 1 aliphatic heterocycles. The Morgan fingerprint density at radius 2 is 1.96 bits per heavy atom. The Balaban J connectivity index is 1.31. The van der Waals surface area contributed by atoms with E-state index in [0.29, 0.717) is 11.8 Å². The summed E-state index contributed by atoms with van der Waals surface area (Å²) in [6.45, 7) is 5.51. The summed E-state index contributed by atoms with van der Waals surface area (Å²) < 4.78 is 7.03. The van der Waals surface area contributed by atoms with Gasteiger partial charge in [0, 0.05) is 44.2 Å². The van der Waals surface area contributed by atoms with Crippen LogP contribution in [0.3, 0.4) is 0 Å². The number of likely N-dealkylation sites (tertiary alicyclic amines) is 1. The molecular weight excluding hydrogens is 290 g/mol. The van der Waals surface area contributed by atoms with Gasteiger partial charge < -0.3 is 4.52 Å². The molecule has 1 saturated heterocycles. The van der Waals surface area contributed by atoms with E-state index in [2.05, 4.69) is 50.6 Å². The average molecular weight is 309 g/mol. The van der Waals surface area contributed by atoms with Crippen molar-refractivity contribution >= 4 is 0 Å². The first kappa shape index (κ1) is 14.1. The molecule has 1 aromatic carbocycles. The zero-order valence-corrected chi connectivity index (χ0v) is 13.1. The van der Waals surface area contributed by atoms with E-state index in [-0.39, 0.29) is 0 Å². The van der Waals surface area contributed by atoms with E-state index in [0.717, 1.165) is 32.0 Å². The number of aryl methyl sites for hydroxylation is 1. The minimum absolute atomic E-state index is 0.395. The standard InChI is InChI=1S/C17H19N5O/c1-13-19-17(20-23-13)16-11-21(12-16)8-15-7-18-22(10-15)9-14-5-3-2-4-6-14/h2-7,10,16H,8-9,11-12H2,1H3. The monoisotopic (exact) mass is 309 g/mol. The minimum Gasteiger partial charge on any atom is -0.340 e. The lowest BCUT2D eigenvalue weighted by Crippen LogP contribution is -2.44. The van der Waals surface area contributed by atoms with Crippen molar-refractivity contribution in [2.45, 2.75) is 25.9 Å². The summed E-state index contributed by atoms with van der Waals surface area (Å²) in [6.07, 6.45) is 4.08. The number of benzene rings is 1. The molecule has 6 heteroatoms. The Kier molecular flexibility index (Phi) is 3.67. The van der Waals surface area contributed by atoms with Crippen LogP contribution < -0.4 is 0 Å². The molecule has 6 nitrogen and oxygen atoms in total. The van der Waals surface area contributed by atoms with Gasteiger partial charge in [-0.25, -0.2) is 0 Å². The molecule has 0 unspecified atom stereocenters. The highest BCUT2D eigenvalue weighted by Gasteiger charge is 2.31. The van der Waals surface area contributed by atoms with Crippen molar-refractivity contribution in [3.05, 3.63) is 65.6 Å². The van der Waals surface area contributed by atoms with E-state index in [1.807, 2.05) is 23.9 Å². The van der Waals surface area contributed by atoms with Crippen molar-refractivity contribution in [2.24, 2.45) is 0 Å². The number of nitrogens with zero attached hydrogens (tertiary/aromatic N) is 5. The zero-order chi connectivity index (χ0) is 15.6. The fraction of sp³-hybridized carbons (Fsp3) is 0.353. The van der Waals surface area contributed by atoms with Gasteiger partial charge >= 0.3 is 0 Å². The third-order valence-corrected chi connectivity index (χ3v) is 4.15. The molecule has 0 aliphatic carbocycles. The van der Waals surface area contributed by atoms with Gasteiger partial charge in [0.05, 0.1) is 12.7 Å². The highest BCUT2D eigenvalue weighted by Crippen LogP contribution is 2.26. The summed E-state index contributed by atoms with van der Waals surface area (Å²) in [6, 6.07) is 10.4. The zero-order valence-electron chi connectivity index (χ0n) is 13.1. The van der Waals surface area contributed by atoms with Crippen LogP contribution in [-0.4, -0.2) is 37.9 Å². The predicted molar refractivity (Wildman–Crippen MR) is 84.8 cm³/mol. The van der Waals surface area contributed by atoms with E-state index in [9.17, 15) is 0 Å². The molecule has 0 radical (unpaired) electrons. The van der Waals surface area contributed by atoms with Gasteiger partial charge in [-0.05, 0) is 5.56 Å². The summed E-state index contributed by atoms with van der Waals surface area (Å²) >= 11 is 0. The quantitative estimate of drug-likeness (QED) is 0.723. The summed E-state index contributed by atoms with van der Waals surface area (Å²) in [5.74, 6) is 1.87. The Hall–Kier alpha value is -2.47. The van der Waals surface area contributed by atoms with E-state index in [1.54, 1.807) is 0 Å². The molecule has 118 valence electrons. The molecule has 2 aromatic heterocycles. The van der Waals surface area contributed by atoms with Crippen molar-refractivity contribution in [3.8, 4) is 0 Å². The van der Waals surface area contributed by atoms with Crippen LogP contribution in [-0.2, 0) is 13.1 Å². The maximum Gasteiger partial charge on any atom is 0.223 e. The Labute approximate surface area is 134 Å². The summed E-state index contributed by atoms with van der Waals surface area (Å²) in [7, 11) is 0. The molecule has 1 aliphatic rings. The second-order valence-electron chi connectivity index (χ2n) is 6.09. The Morgan fingerprint density at radius 3 is 2.70 bits per heavy atom. The van der Waals surface area contributed by atoms with Crippen molar-refractivity contribution in [1.29, 1.82) is 0 Å². The summed E-state index contributed by atoms with van der Waals surface area (Å²) in [5, 5.41) is 8.45. The van der Waals surface area contributed by atoms with Crippen LogP contribution in [0.15, 0.2) is 47.2 Å². The van der Waals surface area contributed by atoms with Gasteiger partial charge in [-0.15, -0.1) is 0 Å². The number of rotatable bonds is 5. The fourth-order valence-corrected chi connectivity index (χ4v) is 2.95.